The van der Waals surface area contributed by atoms with Crippen molar-refractivity contribution in [3.8, 4) is 5.88 Å². The van der Waals surface area contributed by atoms with E-state index in [-0.39, 0.29) is 5.60 Å². The van der Waals surface area contributed by atoms with Crippen LogP contribution in [0.2, 0.25) is 0 Å². The minimum absolute atomic E-state index is 0.380. The number of aromatic nitrogens is 1. The molecule has 1 saturated heterocycles. The molecule has 15 heavy (non-hydrogen) atoms. The van der Waals surface area contributed by atoms with Crippen molar-refractivity contribution >= 4 is 11.0 Å². The summed E-state index contributed by atoms with van der Waals surface area (Å²) in [4.78, 5) is 4.69. The molecule has 0 amide bonds. The predicted octanol–water partition coefficient (Wildman–Crippen LogP) is -0.145. The summed E-state index contributed by atoms with van der Waals surface area (Å²) in [7, 11) is -1.24. The molecule has 1 fully saturated rings. The van der Waals surface area contributed by atoms with Gasteiger partial charge in [-0.05, 0) is 12.1 Å². The van der Waals surface area contributed by atoms with E-state index >= 15 is 0 Å². The lowest BCUT2D eigenvalue weighted by Crippen LogP contribution is -2.59. The molecule has 0 bridgehead atoms. The fourth-order valence-corrected chi connectivity index (χ4v) is 2.61. The maximum Gasteiger partial charge on any atom is 0.232 e. The van der Waals surface area contributed by atoms with E-state index in [1.807, 2.05) is 0 Å². The van der Waals surface area contributed by atoms with Crippen LogP contribution in [0.15, 0.2) is 23.2 Å². The number of fused-ring (bicyclic) bond motifs is 1. The fourth-order valence-electron chi connectivity index (χ4n) is 1.60. The van der Waals surface area contributed by atoms with Crippen molar-refractivity contribution in [1.82, 2.24) is 9.71 Å². The smallest absolute Gasteiger partial charge is 0.232 e. The van der Waals surface area contributed by atoms with Crippen LogP contribution < -0.4 is 9.46 Å². The van der Waals surface area contributed by atoms with Crippen molar-refractivity contribution in [2.45, 2.75) is 10.5 Å². The first kappa shape index (κ1) is 9.26. The summed E-state index contributed by atoms with van der Waals surface area (Å²) < 4.78 is 25.6. The van der Waals surface area contributed by atoms with Gasteiger partial charge >= 0.3 is 0 Å². The lowest BCUT2D eigenvalue weighted by atomic mass is 10.0. The van der Waals surface area contributed by atoms with E-state index in [0.717, 1.165) is 0 Å². The molecule has 1 atom stereocenters. The second-order valence-corrected chi connectivity index (χ2v) is 4.94. The molecule has 2 aliphatic heterocycles. The van der Waals surface area contributed by atoms with Crippen LogP contribution in [0.25, 0.3) is 0 Å². The summed E-state index contributed by atoms with van der Waals surface area (Å²) in [6.45, 7) is 1.57. The van der Waals surface area contributed by atoms with Gasteiger partial charge in [0, 0.05) is 6.20 Å². The van der Waals surface area contributed by atoms with Crippen molar-refractivity contribution in [1.29, 1.82) is 0 Å². The van der Waals surface area contributed by atoms with Crippen LogP contribution in [0.3, 0.4) is 0 Å². The number of hydrogen-bond donors (Lipinski definition) is 1. The fraction of sp³-hybridized carbons (Fsp3) is 0.444. The Bertz CT molecular complexity index is 420. The number of nitrogens with zero attached hydrogens (tertiary/aromatic N) is 1. The van der Waals surface area contributed by atoms with Crippen LogP contribution >= 0.6 is 0 Å². The summed E-state index contributed by atoms with van der Waals surface area (Å²) in [5, 5.41) is 0. The molecular formula is C9H10N2O3S. The first-order valence-corrected chi connectivity index (χ1v) is 5.81. The van der Waals surface area contributed by atoms with Gasteiger partial charge in [-0.3, -0.25) is 0 Å². The van der Waals surface area contributed by atoms with Gasteiger partial charge in [-0.15, -0.1) is 0 Å². The maximum absolute atomic E-state index is 11.8. The third-order valence-electron chi connectivity index (χ3n) is 2.50. The van der Waals surface area contributed by atoms with Crippen molar-refractivity contribution in [2.24, 2.45) is 0 Å². The molecule has 1 aromatic heterocycles. The molecule has 2 aliphatic rings. The Morgan fingerprint density at radius 2 is 2.40 bits per heavy atom. The average Bonchev–Trinajstić information content (AvgIpc) is 2.36. The normalized spacial score (nSPS) is 27.3. The summed E-state index contributed by atoms with van der Waals surface area (Å²) >= 11 is 0. The molecule has 80 valence electrons. The van der Waals surface area contributed by atoms with Crippen LogP contribution in [-0.2, 0) is 15.7 Å². The van der Waals surface area contributed by atoms with Gasteiger partial charge in [-0.2, -0.15) is 0 Å². The van der Waals surface area contributed by atoms with Gasteiger partial charge in [0.2, 0.25) is 5.88 Å². The van der Waals surface area contributed by atoms with E-state index in [1.165, 1.54) is 0 Å². The molecular weight excluding hydrogens is 216 g/mol. The highest BCUT2D eigenvalue weighted by atomic mass is 32.2. The second-order valence-electron chi connectivity index (χ2n) is 3.67. The van der Waals surface area contributed by atoms with Crippen molar-refractivity contribution < 1.29 is 13.7 Å². The highest BCUT2D eigenvalue weighted by molar-refractivity contribution is 7.83. The molecule has 0 aromatic carbocycles. The Hall–Kier alpha value is -0.980. The SMILES string of the molecule is O=S1NCC2(COC2)Oc2ncccc21. The van der Waals surface area contributed by atoms with Crippen LogP contribution in [0, 0.1) is 0 Å². The number of pyridine rings is 1. The number of nitrogens with one attached hydrogen (secondary N) is 1. The lowest BCUT2D eigenvalue weighted by Gasteiger charge is -2.39. The largest absolute Gasteiger partial charge is 0.464 e. The summed E-state index contributed by atoms with van der Waals surface area (Å²) in [6.07, 6.45) is 1.63. The van der Waals surface area contributed by atoms with Crippen molar-refractivity contribution in [2.75, 3.05) is 19.8 Å². The Morgan fingerprint density at radius 1 is 1.53 bits per heavy atom. The van der Waals surface area contributed by atoms with E-state index < -0.39 is 11.0 Å². The van der Waals surface area contributed by atoms with Gasteiger partial charge in [0.25, 0.3) is 0 Å². The topological polar surface area (TPSA) is 60.5 Å². The molecule has 5 nitrogen and oxygen atoms in total. The van der Waals surface area contributed by atoms with Gasteiger partial charge in [0.05, 0.1) is 19.8 Å². The average molecular weight is 226 g/mol. The molecule has 3 rings (SSSR count). The van der Waals surface area contributed by atoms with Crippen LogP contribution in [0.4, 0.5) is 0 Å². The van der Waals surface area contributed by atoms with Crippen LogP contribution in [-0.4, -0.2) is 34.6 Å². The molecule has 1 unspecified atom stereocenters. The zero-order valence-electron chi connectivity index (χ0n) is 7.93. The van der Waals surface area contributed by atoms with Gasteiger partial charge < -0.3 is 9.47 Å². The monoisotopic (exact) mass is 226 g/mol. The van der Waals surface area contributed by atoms with Gasteiger partial charge in [-0.25, -0.2) is 13.9 Å². The molecule has 6 heteroatoms. The quantitative estimate of drug-likeness (QED) is 0.668. The molecule has 1 aromatic rings. The first-order chi connectivity index (χ1) is 7.29. The number of hydrogen-bond acceptors (Lipinski definition) is 4. The van der Waals surface area contributed by atoms with Gasteiger partial charge in [0.15, 0.2) is 5.60 Å². The second kappa shape index (κ2) is 3.26. The Labute approximate surface area is 89.4 Å². The van der Waals surface area contributed by atoms with Crippen molar-refractivity contribution in [3.63, 3.8) is 0 Å². The standard InChI is InChI=1S/C9H10N2O3S/c12-15-7-2-1-3-10-8(7)14-9(4-11-15)5-13-6-9/h1-3,11H,4-6H2. The summed E-state index contributed by atoms with van der Waals surface area (Å²) in [5.41, 5.74) is -0.380. The van der Waals surface area contributed by atoms with E-state index in [4.69, 9.17) is 9.47 Å². The molecule has 0 radical (unpaired) electrons. The Kier molecular flexibility index (Phi) is 2.01. The van der Waals surface area contributed by atoms with E-state index in [0.29, 0.717) is 30.5 Å². The molecule has 1 N–H and O–H groups in total. The minimum Gasteiger partial charge on any atom is -0.464 e. The maximum atomic E-state index is 11.8. The predicted molar refractivity (Wildman–Crippen MR) is 52.8 cm³/mol. The Balaban J connectivity index is 2.02. The zero-order valence-corrected chi connectivity index (χ0v) is 8.75. The van der Waals surface area contributed by atoms with E-state index in [2.05, 4.69) is 9.71 Å². The zero-order chi connectivity index (χ0) is 10.3. The van der Waals surface area contributed by atoms with Gasteiger partial charge in [-0.1, -0.05) is 0 Å². The first-order valence-electron chi connectivity index (χ1n) is 4.66. The third-order valence-corrected chi connectivity index (χ3v) is 3.62. The van der Waals surface area contributed by atoms with Crippen LogP contribution in [0.1, 0.15) is 0 Å². The molecule has 3 heterocycles. The highest BCUT2D eigenvalue weighted by Gasteiger charge is 2.44. The van der Waals surface area contributed by atoms with E-state index in [1.54, 1.807) is 18.3 Å². The minimum atomic E-state index is -1.24. The summed E-state index contributed by atoms with van der Waals surface area (Å²) in [6, 6.07) is 3.50. The molecule has 0 aliphatic carbocycles. The highest BCUT2D eigenvalue weighted by Crippen LogP contribution is 2.30. The Morgan fingerprint density at radius 3 is 3.13 bits per heavy atom. The molecule has 0 saturated carbocycles. The number of ether oxygens (including phenoxy) is 2. The van der Waals surface area contributed by atoms with Crippen LogP contribution in [0.5, 0.6) is 5.88 Å². The molecule has 1 spiro atoms. The van der Waals surface area contributed by atoms with E-state index in [9.17, 15) is 4.21 Å². The lowest BCUT2D eigenvalue weighted by molar-refractivity contribution is -0.158. The van der Waals surface area contributed by atoms with Gasteiger partial charge in [0.1, 0.15) is 15.9 Å². The third kappa shape index (κ3) is 1.45. The van der Waals surface area contributed by atoms with Crippen molar-refractivity contribution in [3.05, 3.63) is 18.3 Å². The number of rotatable bonds is 0. The summed E-state index contributed by atoms with van der Waals surface area (Å²) in [5.74, 6) is 0.448.